The molecule has 0 bridgehead atoms. The summed E-state index contributed by atoms with van der Waals surface area (Å²) in [6, 6.07) is 14.0. The molecule has 0 fully saturated rings. The van der Waals surface area contributed by atoms with Crippen molar-refractivity contribution in [2.45, 2.75) is 36.1 Å². The van der Waals surface area contributed by atoms with Crippen LogP contribution >= 0.6 is 11.8 Å². The molecule has 2 N–H and O–H groups in total. The molecule has 0 saturated heterocycles. The molecule has 0 aromatic heterocycles. The van der Waals surface area contributed by atoms with Gasteiger partial charge in [0.1, 0.15) is 0 Å². The lowest BCUT2D eigenvalue weighted by molar-refractivity contribution is -0.111. The summed E-state index contributed by atoms with van der Waals surface area (Å²) in [6.45, 7) is 5.31. The van der Waals surface area contributed by atoms with E-state index in [1.165, 1.54) is 18.2 Å². The molecule has 0 aliphatic rings. The molecule has 144 valence electrons. The summed E-state index contributed by atoms with van der Waals surface area (Å²) in [7, 11) is -3.66. The summed E-state index contributed by atoms with van der Waals surface area (Å²) >= 11 is 1.65. The smallest absolute Gasteiger partial charge is 0.248 e. The first kappa shape index (κ1) is 21.2. The minimum atomic E-state index is -3.66. The predicted molar refractivity (Wildman–Crippen MR) is 112 cm³/mol. The number of benzene rings is 2. The van der Waals surface area contributed by atoms with Gasteiger partial charge in [-0.1, -0.05) is 18.2 Å². The molecule has 0 spiro atoms. The average molecular weight is 405 g/mol. The Morgan fingerprint density at radius 3 is 2.33 bits per heavy atom. The number of carbonyl (C=O) groups excluding carboxylic acids is 1. The molecule has 0 atom stereocenters. The fourth-order valence-electron chi connectivity index (χ4n) is 2.27. The summed E-state index contributed by atoms with van der Waals surface area (Å²) in [5.41, 5.74) is 0.736. The molecule has 2 aromatic rings. The van der Waals surface area contributed by atoms with Crippen molar-refractivity contribution in [2.24, 2.45) is 0 Å². The third-order valence-corrected chi connectivity index (χ3v) is 5.89. The van der Waals surface area contributed by atoms with Gasteiger partial charge in [0.2, 0.25) is 15.9 Å². The molecule has 2 aromatic carbocycles. The van der Waals surface area contributed by atoms with Crippen molar-refractivity contribution in [3.05, 3.63) is 60.2 Å². The highest BCUT2D eigenvalue weighted by Crippen LogP contribution is 2.18. The molecular weight excluding hydrogens is 380 g/mol. The van der Waals surface area contributed by atoms with E-state index in [0.29, 0.717) is 5.69 Å². The Hall–Kier alpha value is -2.09. The fraction of sp³-hybridized carbons (Fsp3) is 0.250. The highest BCUT2D eigenvalue weighted by Gasteiger charge is 2.22. The van der Waals surface area contributed by atoms with Crippen LogP contribution in [0.1, 0.15) is 26.3 Å². The summed E-state index contributed by atoms with van der Waals surface area (Å²) in [4.78, 5) is 13.4. The quantitative estimate of drug-likeness (QED) is 0.560. The van der Waals surface area contributed by atoms with Crippen molar-refractivity contribution in [1.82, 2.24) is 4.72 Å². The Kier molecular flexibility index (Phi) is 6.86. The number of hydrogen-bond donors (Lipinski definition) is 2. The maximum atomic E-state index is 12.4. The highest BCUT2D eigenvalue weighted by molar-refractivity contribution is 7.98. The first-order chi connectivity index (χ1) is 12.6. The number of anilines is 1. The normalized spacial score (nSPS) is 12.3. The molecule has 0 aliphatic heterocycles. The lowest BCUT2D eigenvalue weighted by Crippen LogP contribution is -2.40. The Morgan fingerprint density at radius 1 is 1.07 bits per heavy atom. The zero-order valence-electron chi connectivity index (χ0n) is 15.8. The van der Waals surface area contributed by atoms with Crippen LogP contribution in [-0.2, 0) is 14.8 Å². The van der Waals surface area contributed by atoms with Crippen LogP contribution in [0, 0.1) is 0 Å². The average Bonchev–Trinajstić information content (AvgIpc) is 2.58. The van der Waals surface area contributed by atoms with Gasteiger partial charge in [0.15, 0.2) is 0 Å². The van der Waals surface area contributed by atoms with Crippen molar-refractivity contribution < 1.29 is 13.2 Å². The molecule has 0 saturated carbocycles. The van der Waals surface area contributed by atoms with Gasteiger partial charge in [0, 0.05) is 22.2 Å². The van der Waals surface area contributed by atoms with Crippen LogP contribution in [0.25, 0.3) is 6.08 Å². The SMILES string of the molecule is CSc1ccc(/C=C/C(=O)Nc2cccc(S(=O)(=O)NC(C)(C)C)c2)cc1. The van der Waals surface area contributed by atoms with E-state index < -0.39 is 15.6 Å². The Labute approximate surface area is 165 Å². The van der Waals surface area contributed by atoms with Gasteiger partial charge in [-0.25, -0.2) is 13.1 Å². The Balaban J connectivity index is 2.08. The van der Waals surface area contributed by atoms with Gasteiger partial charge in [-0.15, -0.1) is 11.8 Å². The fourth-order valence-corrected chi connectivity index (χ4v) is 4.15. The molecule has 5 nitrogen and oxygen atoms in total. The van der Waals surface area contributed by atoms with Gasteiger partial charge in [-0.05, 0) is 69.0 Å². The second-order valence-electron chi connectivity index (χ2n) is 6.98. The van der Waals surface area contributed by atoms with E-state index in [0.717, 1.165) is 10.5 Å². The summed E-state index contributed by atoms with van der Waals surface area (Å²) < 4.78 is 27.4. The molecule has 27 heavy (non-hydrogen) atoms. The molecular formula is C20H24N2O3S2. The van der Waals surface area contributed by atoms with E-state index in [2.05, 4.69) is 10.0 Å². The van der Waals surface area contributed by atoms with Crippen LogP contribution in [0.2, 0.25) is 0 Å². The van der Waals surface area contributed by atoms with Crippen LogP contribution in [0.15, 0.2) is 64.4 Å². The third kappa shape index (κ3) is 6.86. The predicted octanol–water partition coefficient (Wildman–Crippen LogP) is 4.14. The van der Waals surface area contributed by atoms with E-state index in [9.17, 15) is 13.2 Å². The lowest BCUT2D eigenvalue weighted by Gasteiger charge is -2.20. The minimum absolute atomic E-state index is 0.104. The molecule has 0 unspecified atom stereocenters. The van der Waals surface area contributed by atoms with Gasteiger partial charge in [-0.3, -0.25) is 4.79 Å². The highest BCUT2D eigenvalue weighted by atomic mass is 32.2. The second kappa shape index (κ2) is 8.73. The molecule has 0 aliphatic carbocycles. The molecule has 0 radical (unpaired) electrons. The second-order valence-corrected chi connectivity index (χ2v) is 9.54. The van der Waals surface area contributed by atoms with Crippen molar-refractivity contribution in [3.8, 4) is 0 Å². The van der Waals surface area contributed by atoms with Crippen LogP contribution in [-0.4, -0.2) is 26.1 Å². The van der Waals surface area contributed by atoms with Crippen molar-refractivity contribution >= 4 is 39.5 Å². The Morgan fingerprint density at radius 2 is 1.74 bits per heavy atom. The van der Waals surface area contributed by atoms with Gasteiger partial charge in [-0.2, -0.15) is 0 Å². The lowest BCUT2D eigenvalue weighted by atomic mass is 10.1. The van der Waals surface area contributed by atoms with E-state index in [-0.39, 0.29) is 10.8 Å². The molecule has 2 rings (SSSR count). The Bertz CT molecular complexity index is 928. The number of amides is 1. The van der Waals surface area contributed by atoms with Gasteiger partial charge < -0.3 is 5.32 Å². The van der Waals surface area contributed by atoms with E-state index in [4.69, 9.17) is 0 Å². The number of sulfonamides is 1. The van der Waals surface area contributed by atoms with Crippen molar-refractivity contribution in [3.63, 3.8) is 0 Å². The van der Waals surface area contributed by atoms with Crippen LogP contribution in [0.4, 0.5) is 5.69 Å². The summed E-state index contributed by atoms with van der Waals surface area (Å²) in [5, 5.41) is 2.69. The third-order valence-electron chi connectivity index (χ3n) is 3.40. The van der Waals surface area contributed by atoms with Gasteiger partial charge in [0.25, 0.3) is 0 Å². The van der Waals surface area contributed by atoms with E-state index in [1.807, 2.05) is 30.5 Å². The van der Waals surface area contributed by atoms with Crippen LogP contribution in [0.5, 0.6) is 0 Å². The number of nitrogens with one attached hydrogen (secondary N) is 2. The molecule has 1 amide bonds. The largest absolute Gasteiger partial charge is 0.322 e. The van der Waals surface area contributed by atoms with Gasteiger partial charge in [0.05, 0.1) is 4.90 Å². The standard InChI is InChI=1S/C20H24N2O3S2/c1-20(2,3)22-27(24,25)18-7-5-6-16(14-18)21-19(23)13-10-15-8-11-17(26-4)12-9-15/h5-14,22H,1-4H3,(H,21,23)/b13-10+. The number of carbonyl (C=O) groups is 1. The maximum absolute atomic E-state index is 12.4. The maximum Gasteiger partial charge on any atom is 0.248 e. The summed E-state index contributed by atoms with van der Waals surface area (Å²) in [5.74, 6) is -0.331. The van der Waals surface area contributed by atoms with E-state index >= 15 is 0 Å². The van der Waals surface area contributed by atoms with Crippen molar-refractivity contribution in [2.75, 3.05) is 11.6 Å². The minimum Gasteiger partial charge on any atom is -0.322 e. The van der Waals surface area contributed by atoms with Crippen molar-refractivity contribution in [1.29, 1.82) is 0 Å². The first-order valence-corrected chi connectivity index (χ1v) is 11.1. The topological polar surface area (TPSA) is 75.3 Å². The zero-order chi connectivity index (χ0) is 20.1. The monoisotopic (exact) mass is 404 g/mol. The number of thioether (sulfide) groups is 1. The first-order valence-electron chi connectivity index (χ1n) is 8.36. The number of hydrogen-bond acceptors (Lipinski definition) is 4. The van der Waals surface area contributed by atoms with Crippen LogP contribution < -0.4 is 10.0 Å². The molecule has 7 heteroatoms. The van der Waals surface area contributed by atoms with Gasteiger partial charge >= 0.3 is 0 Å². The van der Waals surface area contributed by atoms with E-state index in [1.54, 1.807) is 50.7 Å². The summed E-state index contributed by atoms with van der Waals surface area (Å²) in [6.07, 6.45) is 5.13. The number of rotatable bonds is 6. The van der Waals surface area contributed by atoms with Crippen LogP contribution in [0.3, 0.4) is 0 Å². The molecule has 0 heterocycles. The zero-order valence-corrected chi connectivity index (χ0v) is 17.4.